The van der Waals surface area contributed by atoms with Gasteiger partial charge in [0.05, 0.1) is 6.54 Å². The molecule has 0 unspecified atom stereocenters. The minimum Gasteiger partial charge on any atom is -0.250 e. The van der Waals surface area contributed by atoms with Gasteiger partial charge in [-0.25, -0.2) is 9.48 Å². The van der Waals surface area contributed by atoms with E-state index in [2.05, 4.69) is 27.7 Å². The number of rotatable bonds is 2. The molecule has 0 atom stereocenters. The number of fused-ring (bicyclic) bond motifs is 1. The van der Waals surface area contributed by atoms with Crippen LogP contribution in [-0.4, -0.2) is 14.2 Å². The highest BCUT2D eigenvalue weighted by molar-refractivity contribution is 14.1. The Balaban J connectivity index is 2.02. The van der Waals surface area contributed by atoms with Gasteiger partial charge in [0.2, 0.25) is 0 Å². The van der Waals surface area contributed by atoms with Gasteiger partial charge in [0.1, 0.15) is 0 Å². The van der Waals surface area contributed by atoms with Crippen LogP contribution in [0.2, 0.25) is 0 Å². The largest absolute Gasteiger partial charge is 0.350 e. The van der Waals surface area contributed by atoms with E-state index in [-0.39, 0.29) is 5.69 Å². The molecule has 2 heterocycles. The van der Waals surface area contributed by atoms with E-state index in [1.807, 2.05) is 42.5 Å². The summed E-state index contributed by atoms with van der Waals surface area (Å²) in [7, 11) is 0. The number of halogens is 1. The average Bonchev–Trinajstić information content (AvgIpc) is 2.70. The van der Waals surface area contributed by atoms with Gasteiger partial charge in [0.15, 0.2) is 5.65 Å². The zero-order chi connectivity index (χ0) is 12.5. The second-order valence-corrected chi connectivity index (χ2v) is 5.24. The van der Waals surface area contributed by atoms with Crippen LogP contribution < -0.4 is 5.69 Å². The summed E-state index contributed by atoms with van der Waals surface area (Å²) < 4.78 is 4.21. The Kier molecular flexibility index (Phi) is 2.91. The molecule has 0 N–H and O–H groups in total. The lowest BCUT2D eigenvalue weighted by Gasteiger charge is -1.99. The van der Waals surface area contributed by atoms with E-state index in [1.54, 1.807) is 10.6 Å². The molecule has 3 aromatic rings. The molecule has 4 nitrogen and oxygen atoms in total. The Bertz CT molecular complexity index is 743. The zero-order valence-electron chi connectivity index (χ0n) is 9.45. The van der Waals surface area contributed by atoms with Gasteiger partial charge < -0.3 is 0 Å². The lowest BCUT2D eigenvalue weighted by molar-refractivity contribution is 0.658. The normalized spacial score (nSPS) is 10.9. The Hall–Kier alpha value is -1.63. The number of benzene rings is 1. The van der Waals surface area contributed by atoms with Crippen LogP contribution in [0, 0.1) is 3.57 Å². The fourth-order valence-corrected chi connectivity index (χ4v) is 2.19. The van der Waals surface area contributed by atoms with Crippen molar-refractivity contribution in [3.8, 4) is 0 Å². The summed E-state index contributed by atoms with van der Waals surface area (Å²) in [5.41, 5.74) is 1.64. The first-order chi connectivity index (χ1) is 8.74. The maximum absolute atomic E-state index is 12.1. The fourth-order valence-electron chi connectivity index (χ4n) is 1.83. The van der Waals surface area contributed by atoms with E-state index < -0.39 is 0 Å². The maximum atomic E-state index is 12.1. The van der Waals surface area contributed by atoms with Crippen molar-refractivity contribution in [2.45, 2.75) is 6.54 Å². The lowest BCUT2D eigenvalue weighted by Crippen LogP contribution is -2.21. The maximum Gasteiger partial charge on any atom is 0.350 e. The van der Waals surface area contributed by atoms with Gasteiger partial charge >= 0.3 is 5.69 Å². The molecule has 90 valence electrons. The average molecular weight is 351 g/mol. The van der Waals surface area contributed by atoms with Gasteiger partial charge in [-0.3, -0.25) is 4.40 Å². The topological polar surface area (TPSA) is 39.3 Å². The van der Waals surface area contributed by atoms with Crippen molar-refractivity contribution in [1.29, 1.82) is 0 Å². The third-order valence-corrected chi connectivity index (χ3v) is 3.45. The first-order valence-electron chi connectivity index (χ1n) is 5.53. The number of pyridine rings is 1. The van der Waals surface area contributed by atoms with Crippen LogP contribution in [0.5, 0.6) is 0 Å². The minimum absolute atomic E-state index is 0.107. The molecule has 0 radical (unpaired) electrons. The molecule has 0 spiro atoms. The summed E-state index contributed by atoms with van der Waals surface area (Å²) in [6.07, 6.45) is 1.73. The highest BCUT2D eigenvalue weighted by Gasteiger charge is 2.05. The van der Waals surface area contributed by atoms with E-state index in [9.17, 15) is 4.79 Å². The highest BCUT2D eigenvalue weighted by atomic mass is 127. The molecule has 18 heavy (non-hydrogen) atoms. The van der Waals surface area contributed by atoms with E-state index in [0.717, 1.165) is 5.56 Å². The van der Waals surface area contributed by atoms with Crippen LogP contribution in [-0.2, 0) is 6.54 Å². The van der Waals surface area contributed by atoms with Gasteiger partial charge in [-0.1, -0.05) is 18.2 Å². The minimum atomic E-state index is -0.107. The highest BCUT2D eigenvalue weighted by Crippen LogP contribution is 2.07. The molecule has 0 fully saturated rings. The van der Waals surface area contributed by atoms with Crippen LogP contribution in [0.1, 0.15) is 5.56 Å². The van der Waals surface area contributed by atoms with E-state index in [0.29, 0.717) is 12.2 Å². The Morgan fingerprint density at radius 2 is 1.89 bits per heavy atom. The number of aromatic nitrogens is 3. The van der Waals surface area contributed by atoms with Crippen molar-refractivity contribution < 1.29 is 0 Å². The third kappa shape index (κ3) is 2.05. The molecule has 0 saturated heterocycles. The molecule has 0 aliphatic carbocycles. The van der Waals surface area contributed by atoms with Crippen LogP contribution in [0.25, 0.3) is 5.65 Å². The lowest BCUT2D eigenvalue weighted by atomic mass is 10.2. The van der Waals surface area contributed by atoms with Crippen LogP contribution in [0.3, 0.4) is 0 Å². The second-order valence-electron chi connectivity index (χ2n) is 4.00. The molecule has 0 aliphatic heterocycles. The third-order valence-electron chi connectivity index (χ3n) is 2.73. The van der Waals surface area contributed by atoms with E-state index in [4.69, 9.17) is 0 Å². The molecule has 1 aromatic carbocycles. The summed E-state index contributed by atoms with van der Waals surface area (Å²) >= 11 is 2.26. The first-order valence-corrected chi connectivity index (χ1v) is 6.60. The number of hydrogen-bond acceptors (Lipinski definition) is 2. The molecule has 0 aliphatic rings. The molecule has 3 rings (SSSR count). The molecule has 0 saturated carbocycles. The molecule has 0 amide bonds. The summed E-state index contributed by atoms with van der Waals surface area (Å²) in [6.45, 7) is 0.497. The van der Waals surface area contributed by atoms with Crippen molar-refractivity contribution in [3.05, 3.63) is 68.3 Å². The first kappa shape index (κ1) is 11.5. The summed E-state index contributed by atoms with van der Waals surface area (Å²) in [5, 5.41) is 4.30. The predicted molar refractivity (Wildman–Crippen MR) is 77.7 cm³/mol. The standard InChI is InChI=1S/C13H10IN3O/c14-11-6-4-10(5-7-11)9-17-13(18)16-8-2-1-3-12(16)15-17/h1-8H,9H2. The molecule has 5 heteroatoms. The van der Waals surface area contributed by atoms with Crippen LogP contribution in [0.15, 0.2) is 53.5 Å². The van der Waals surface area contributed by atoms with Crippen molar-refractivity contribution in [2.75, 3.05) is 0 Å². The van der Waals surface area contributed by atoms with Crippen molar-refractivity contribution in [3.63, 3.8) is 0 Å². The molecular weight excluding hydrogens is 341 g/mol. The van der Waals surface area contributed by atoms with Gasteiger partial charge in [0, 0.05) is 9.77 Å². The van der Waals surface area contributed by atoms with Crippen LogP contribution >= 0.6 is 22.6 Å². The van der Waals surface area contributed by atoms with Crippen LogP contribution in [0.4, 0.5) is 0 Å². The van der Waals surface area contributed by atoms with Gasteiger partial charge in [-0.15, -0.1) is 5.10 Å². The van der Waals surface area contributed by atoms with Gasteiger partial charge in [-0.2, -0.15) is 0 Å². The van der Waals surface area contributed by atoms with E-state index >= 15 is 0 Å². The van der Waals surface area contributed by atoms with Gasteiger partial charge in [-0.05, 0) is 52.4 Å². The SMILES string of the molecule is O=c1n(Cc2ccc(I)cc2)nc2ccccn12. The van der Waals surface area contributed by atoms with Crippen molar-refractivity contribution in [2.24, 2.45) is 0 Å². The Morgan fingerprint density at radius 1 is 1.11 bits per heavy atom. The number of nitrogens with zero attached hydrogens (tertiary/aromatic N) is 3. The van der Waals surface area contributed by atoms with E-state index in [1.165, 1.54) is 8.25 Å². The van der Waals surface area contributed by atoms with Crippen molar-refractivity contribution >= 4 is 28.2 Å². The molecule has 0 bridgehead atoms. The smallest absolute Gasteiger partial charge is 0.250 e. The summed E-state index contributed by atoms with van der Waals surface area (Å²) in [6, 6.07) is 13.6. The zero-order valence-corrected chi connectivity index (χ0v) is 11.6. The molecular formula is C13H10IN3O. The summed E-state index contributed by atoms with van der Waals surface area (Å²) in [5.74, 6) is 0. The molecule has 2 aromatic heterocycles. The van der Waals surface area contributed by atoms with Gasteiger partial charge in [0.25, 0.3) is 0 Å². The quantitative estimate of drug-likeness (QED) is 0.664. The fraction of sp³-hybridized carbons (Fsp3) is 0.0769. The second kappa shape index (κ2) is 4.56. The predicted octanol–water partition coefficient (Wildman–Crippen LogP) is 2.15. The van der Waals surface area contributed by atoms with Crippen molar-refractivity contribution in [1.82, 2.24) is 14.2 Å². The Labute approximate surface area is 117 Å². The number of hydrogen-bond donors (Lipinski definition) is 0. The Morgan fingerprint density at radius 3 is 2.61 bits per heavy atom. The summed E-state index contributed by atoms with van der Waals surface area (Å²) in [4.78, 5) is 12.1. The monoisotopic (exact) mass is 351 g/mol.